The smallest absolute Gasteiger partial charge is 0.127 e. The van der Waals surface area contributed by atoms with Crippen molar-refractivity contribution in [3.05, 3.63) is 95.6 Å². The van der Waals surface area contributed by atoms with Gasteiger partial charge >= 0.3 is 0 Å². The molecule has 0 aromatic heterocycles. The predicted octanol–water partition coefficient (Wildman–Crippen LogP) is 4.53. The van der Waals surface area contributed by atoms with Gasteiger partial charge in [-0.05, 0) is 17.2 Å². The van der Waals surface area contributed by atoms with Crippen molar-refractivity contribution in [3.63, 3.8) is 0 Å². The topological polar surface area (TPSA) is 30.5 Å². The highest BCUT2D eigenvalue weighted by molar-refractivity contribution is 5.44. The van der Waals surface area contributed by atoms with Crippen LogP contribution in [-0.4, -0.2) is 13.1 Å². The van der Waals surface area contributed by atoms with Gasteiger partial charge in [0.2, 0.25) is 0 Å². The Kier molecular flexibility index (Phi) is 5.17. The molecule has 3 nitrogen and oxygen atoms in total. The van der Waals surface area contributed by atoms with Crippen LogP contribution in [0.25, 0.3) is 0 Å². The highest BCUT2D eigenvalue weighted by Crippen LogP contribution is 2.33. The van der Waals surface area contributed by atoms with Crippen molar-refractivity contribution < 1.29 is 9.47 Å². The standard InChI is InChI=1S/C23H23NO2/c1-3-7-18(8-4-1)16-25-21-11-12-22(20-14-24-15-20)23(13-21)26-17-19-9-5-2-6-10-19/h1-13,20,24H,14-17H2. The maximum absolute atomic E-state index is 6.16. The minimum absolute atomic E-state index is 0.518. The second-order valence-electron chi connectivity index (χ2n) is 6.60. The van der Waals surface area contributed by atoms with Gasteiger partial charge < -0.3 is 14.8 Å². The summed E-state index contributed by atoms with van der Waals surface area (Å²) in [6.45, 7) is 3.14. The molecular weight excluding hydrogens is 322 g/mol. The van der Waals surface area contributed by atoms with E-state index < -0.39 is 0 Å². The lowest BCUT2D eigenvalue weighted by molar-refractivity contribution is 0.283. The summed E-state index contributed by atoms with van der Waals surface area (Å²) in [5.41, 5.74) is 3.58. The van der Waals surface area contributed by atoms with E-state index in [-0.39, 0.29) is 0 Å². The lowest BCUT2D eigenvalue weighted by Crippen LogP contribution is -2.40. The Morgan fingerprint density at radius 3 is 1.92 bits per heavy atom. The highest BCUT2D eigenvalue weighted by atomic mass is 16.5. The van der Waals surface area contributed by atoms with E-state index in [1.807, 2.05) is 48.5 Å². The van der Waals surface area contributed by atoms with Gasteiger partial charge in [0.1, 0.15) is 24.7 Å². The molecule has 1 fully saturated rings. The van der Waals surface area contributed by atoms with Crippen molar-refractivity contribution in [1.82, 2.24) is 5.32 Å². The van der Waals surface area contributed by atoms with E-state index in [0.29, 0.717) is 19.1 Å². The quantitative estimate of drug-likeness (QED) is 0.682. The summed E-state index contributed by atoms with van der Waals surface area (Å²) in [5, 5.41) is 3.34. The van der Waals surface area contributed by atoms with Gasteiger partial charge in [0.15, 0.2) is 0 Å². The van der Waals surface area contributed by atoms with E-state index in [2.05, 4.69) is 35.6 Å². The summed E-state index contributed by atoms with van der Waals surface area (Å²) in [6.07, 6.45) is 0. The van der Waals surface area contributed by atoms with Gasteiger partial charge in [-0.3, -0.25) is 0 Å². The van der Waals surface area contributed by atoms with Crippen LogP contribution >= 0.6 is 0 Å². The zero-order valence-electron chi connectivity index (χ0n) is 14.7. The molecule has 0 bridgehead atoms. The number of hydrogen-bond acceptors (Lipinski definition) is 3. The Bertz CT molecular complexity index is 829. The molecule has 0 unspecified atom stereocenters. The van der Waals surface area contributed by atoms with Gasteiger partial charge in [0.05, 0.1) is 0 Å². The summed E-state index contributed by atoms with van der Waals surface area (Å²) in [6, 6.07) is 26.7. The SMILES string of the molecule is c1ccc(COc2ccc(C3CNC3)c(OCc3ccccc3)c2)cc1. The Morgan fingerprint density at radius 2 is 1.35 bits per heavy atom. The number of benzene rings is 3. The second-order valence-corrected chi connectivity index (χ2v) is 6.60. The fourth-order valence-electron chi connectivity index (χ4n) is 3.05. The van der Waals surface area contributed by atoms with Crippen LogP contribution in [-0.2, 0) is 13.2 Å². The molecule has 1 aliphatic rings. The Labute approximate surface area is 154 Å². The first-order chi connectivity index (χ1) is 12.9. The van der Waals surface area contributed by atoms with Gasteiger partial charge in [-0.1, -0.05) is 66.7 Å². The van der Waals surface area contributed by atoms with Gasteiger partial charge in [0.25, 0.3) is 0 Å². The molecule has 1 heterocycles. The summed E-state index contributed by atoms with van der Waals surface area (Å²) < 4.78 is 12.1. The van der Waals surface area contributed by atoms with E-state index in [1.54, 1.807) is 0 Å². The van der Waals surface area contributed by atoms with Gasteiger partial charge in [0, 0.05) is 30.6 Å². The number of ether oxygens (including phenoxy) is 2. The summed E-state index contributed by atoms with van der Waals surface area (Å²) in [4.78, 5) is 0. The Balaban J connectivity index is 1.49. The molecule has 132 valence electrons. The molecule has 4 rings (SSSR count). The number of nitrogens with one attached hydrogen (secondary N) is 1. The van der Waals surface area contributed by atoms with E-state index in [1.165, 1.54) is 11.1 Å². The second kappa shape index (κ2) is 8.07. The van der Waals surface area contributed by atoms with Crippen LogP contribution < -0.4 is 14.8 Å². The highest BCUT2D eigenvalue weighted by Gasteiger charge is 2.23. The van der Waals surface area contributed by atoms with Crippen LogP contribution in [0.5, 0.6) is 11.5 Å². The van der Waals surface area contributed by atoms with E-state index in [4.69, 9.17) is 9.47 Å². The normalized spacial score (nSPS) is 13.8. The first-order valence-electron chi connectivity index (χ1n) is 9.06. The fourth-order valence-corrected chi connectivity index (χ4v) is 3.05. The average Bonchev–Trinajstić information content (AvgIpc) is 2.66. The third kappa shape index (κ3) is 4.06. The molecule has 3 aromatic rings. The zero-order valence-corrected chi connectivity index (χ0v) is 14.7. The minimum atomic E-state index is 0.518. The summed E-state index contributed by atoms with van der Waals surface area (Å²) in [5.74, 6) is 2.28. The van der Waals surface area contributed by atoms with Crippen molar-refractivity contribution in [3.8, 4) is 11.5 Å². The van der Waals surface area contributed by atoms with Crippen LogP contribution in [0.3, 0.4) is 0 Å². The summed E-state index contributed by atoms with van der Waals surface area (Å²) in [7, 11) is 0. The third-order valence-electron chi connectivity index (χ3n) is 4.69. The monoisotopic (exact) mass is 345 g/mol. The molecule has 1 aliphatic heterocycles. The van der Waals surface area contributed by atoms with Crippen LogP contribution in [0.4, 0.5) is 0 Å². The lowest BCUT2D eigenvalue weighted by atomic mass is 9.93. The third-order valence-corrected chi connectivity index (χ3v) is 4.69. The first kappa shape index (κ1) is 16.7. The molecule has 3 aromatic carbocycles. The molecule has 3 heteroatoms. The molecule has 0 spiro atoms. The van der Waals surface area contributed by atoms with Crippen molar-refractivity contribution in [2.24, 2.45) is 0 Å². The Hall–Kier alpha value is -2.78. The Morgan fingerprint density at radius 1 is 0.731 bits per heavy atom. The first-order valence-corrected chi connectivity index (χ1v) is 9.06. The van der Waals surface area contributed by atoms with Gasteiger partial charge in [-0.15, -0.1) is 0 Å². The van der Waals surface area contributed by atoms with Gasteiger partial charge in [-0.25, -0.2) is 0 Å². The van der Waals surface area contributed by atoms with Crippen LogP contribution in [0, 0.1) is 0 Å². The predicted molar refractivity (Wildman–Crippen MR) is 104 cm³/mol. The molecule has 0 amide bonds. The van der Waals surface area contributed by atoms with Crippen molar-refractivity contribution in [1.29, 1.82) is 0 Å². The fraction of sp³-hybridized carbons (Fsp3) is 0.217. The molecule has 0 atom stereocenters. The van der Waals surface area contributed by atoms with Crippen molar-refractivity contribution >= 4 is 0 Å². The number of rotatable bonds is 7. The van der Waals surface area contributed by atoms with Crippen LogP contribution in [0.2, 0.25) is 0 Å². The molecule has 0 saturated carbocycles. The maximum Gasteiger partial charge on any atom is 0.127 e. The molecule has 1 saturated heterocycles. The number of hydrogen-bond donors (Lipinski definition) is 1. The molecule has 0 radical (unpaired) electrons. The van der Waals surface area contributed by atoms with E-state index >= 15 is 0 Å². The lowest BCUT2D eigenvalue weighted by Gasteiger charge is -2.29. The van der Waals surface area contributed by atoms with Crippen molar-refractivity contribution in [2.45, 2.75) is 19.1 Å². The van der Waals surface area contributed by atoms with E-state index in [0.717, 1.165) is 30.2 Å². The minimum Gasteiger partial charge on any atom is -0.489 e. The average molecular weight is 345 g/mol. The van der Waals surface area contributed by atoms with Crippen molar-refractivity contribution in [2.75, 3.05) is 13.1 Å². The van der Waals surface area contributed by atoms with E-state index in [9.17, 15) is 0 Å². The zero-order chi connectivity index (χ0) is 17.6. The molecule has 0 aliphatic carbocycles. The largest absolute Gasteiger partial charge is 0.489 e. The summed E-state index contributed by atoms with van der Waals surface area (Å²) >= 11 is 0. The van der Waals surface area contributed by atoms with Gasteiger partial charge in [-0.2, -0.15) is 0 Å². The molecular formula is C23H23NO2. The van der Waals surface area contributed by atoms with Crippen LogP contribution in [0.15, 0.2) is 78.9 Å². The molecule has 26 heavy (non-hydrogen) atoms. The maximum atomic E-state index is 6.16. The molecule has 1 N–H and O–H groups in total. The van der Waals surface area contributed by atoms with Crippen LogP contribution in [0.1, 0.15) is 22.6 Å².